The van der Waals surface area contributed by atoms with Crippen LogP contribution in [0.5, 0.6) is 0 Å². The number of rotatable bonds is 6. The van der Waals surface area contributed by atoms with E-state index in [0.29, 0.717) is 18.2 Å². The molecule has 0 atom stereocenters. The van der Waals surface area contributed by atoms with Crippen molar-refractivity contribution in [2.24, 2.45) is 0 Å². The van der Waals surface area contributed by atoms with Crippen LogP contribution in [-0.4, -0.2) is 43.0 Å². The zero-order chi connectivity index (χ0) is 16.1. The Balaban J connectivity index is 0.00000264. The summed E-state index contributed by atoms with van der Waals surface area (Å²) in [6.45, 7) is 5.80. The Morgan fingerprint density at radius 3 is 2.42 bits per heavy atom. The summed E-state index contributed by atoms with van der Waals surface area (Å²) < 4.78 is 0. The molecule has 0 spiro atoms. The molecular weight excluding hydrogens is 365 g/mol. The first-order valence-corrected chi connectivity index (χ1v) is 8.36. The summed E-state index contributed by atoms with van der Waals surface area (Å²) in [6.07, 6.45) is 0. The first-order chi connectivity index (χ1) is 10.5. The maximum Gasteiger partial charge on any atom is 0.273 e. The Morgan fingerprint density at radius 2 is 1.88 bits per heavy atom. The van der Waals surface area contributed by atoms with Crippen LogP contribution in [0.2, 0.25) is 0 Å². The molecule has 0 aliphatic carbocycles. The number of thiazole rings is 1. The first-order valence-electron chi connectivity index (χ1n) is 7.49. The van der Waals surface area contributed by atoms with Gasteiger partial charge in [-0.05, 0) is 18.5 Å². The van der Waals surface area contributed by atoms with Crippen LogP contribution in [0, 0.1) is 0 Å². The molecule has 0 saturated carbocycles. The van der Waals surface area contributed by atoms with E-state index in [4.69, 9.17) is 0 Å². The van der Waals surface area contributed by atoms with Gasteiger partial charge in [0.15, 0.2) is 0 Å². The van der Waals surface area contributed by atoms with Crippen molar-refractivity contribution in [1.29, 1.82) is 0 Å². The van der Waals surface area contributed by atoms with Gasteiger partial charge in [0.05, 0.1) is 0 Å². The second-order valence-corrected chi connectivity index (χ2v) is 6.50. The lowest BCUT2D eigenvalue weighted by atomic mass is 10.0. The van der Waals surface area contributed by atoms with Gasteiger partial charge in [0.1, 0.15) is 10.7 Å². The van der Waals surface area contributed by atoms with Crippen LogP contribution in [0.1, 0.15) is 35.8 Å². The fourth-order valence-electron chi connectivity index (χ4n) is 2.09. The average molecular weight is 390 g/mol. The topological polar surface area (TPSA) is 45.2 Å². The smallest absolute Gasteiger partial charge is 0.273 e. The Bertz CT molecular complexity index is 629. The molecule has 1 amide bonds. The molecule has 1 heterocycles. The minimum absolute atomic E-state index is 0. The summed E-state index contributed by atoms with van der Waals surface area (Å²) in [5.74, 6) is 0.486. The number of nitrogens with one attached hydrogen (secondary N) is 1. The third-order valence-electron chi connectivity index (χ3n) is 3.59. The van der Waals surface area contributed by atoms with Crippen LogP contribution in [0.4, 0.5) is 0 Å². The van der Waals surface area contributed by atoms with Gasteiger partial charge in [-0.2, -0.15) is 0 Å². The molecule has 0 saturated heterocycles. The number of aromatic nitrogens is 1. The Morgan fingerprint density at radius 1 is 1.25 bits per heavy atom. The van der Waals surface area contributed by atoms with E-state index < -0.39 is 0 Å². The van der Waals surface area contributed by atoms with Crippen LogP contribution in [0.15, 0.2) is 29.6 Å². The van der Waals surface area contributed by atoms with E-state index in [1.807, 2.05) is 12.4 Å². The van der Waals surface area contributed by atoms with Crippen LogP contribution < -0.4 is 5.32 Å². The Labute approximate surface area is 160 Å². The summed E-state index contributed by atoms with van der Waals surface area (Å²) in [5, 5.41) is 5.77. The van der Waals surface area contributed by atoms with Gasteiger partial charge in [-0.15, -0.1) is 36.2 Å². The lowest BCUT2D eigenvalue weighted by Gasteiger charge is -2.15. The molecule has 7 heteroatoms. The molecule has 1 aromatic heterocycles. The minimum atomic E-state index is -0.0310. The maximum atomic E-state index is 12.3. The van der Waals surface area contributed by atoms with Gasteiger partial charge >= 0.3 is 0 Å². The molecule has 1 aromatic carbocycles. The summed E-state index contributed by atoms with van der Waals surface area (Å²) >= 11 is 1.51. The van der Waals surface area contributed by atoms with Gasteiger partial charge in [-0.25, -0.2) is 4.98 Å². The van der Waals surface area contributed by atoms with E-state index in [2.05, 4.69) is 48.4 Å². The number of hydrogen-bond acceptors (Lipinski definition) is 4. The van der Waals surface area contributed by atoms with E-state index in [1.165, 1.54) is 16.9 Å². The van der Waals surface area contributed by atoms with Crippen molar-refractivity contribution in [3.63, 3.8) is 0 Å². The fraction of sp³-hybridized carbons (Fsp3) is 0.412. The normalized spacial score (nSPS) is 10.0. The summed E-state index contributed by atoms with van der Waals surface area (Å²) in [7, 11) is 3.68. The third-order valence-corrected chi connectivity index (χ3v) is 4.48. The molecular formula is C17H25Cl2N3OS. The zero-order valence-electron chi connectivity index (χ0n) is 14.4. The largest absolute Gasteiger partial charge is 0.339 e. The zero-order valence-corrected chi connectivity index (χ0v) is 16.9. The summed E-state index contributed by atoms with van der Waals surface area (Å²) in [6, 6.07) is 8.41. The van der Waals surface area contributed by atoms with Gasteiger partial charge in [0.2, 0.25) is 0 Å². The van der Waals surface area contributed by atoms with E-state index in [0.717, 1.165) is 17.1 Å². The van der Waals surface area contributed by atoms with Gasteiger partial charge in [-0.1, -0.05) is 38.1 Å². The molecule has 2 aromatic rings. The quantitative estimate of drug-likeness (QED) is 0.809. The lowest BCUT2D eigenvalue weighted by molar-refractivity contribution is 0.0792. The number of benzene rings is 1. The maximum absolute atomic E-state index is 12.3. The molecule has 24 heavy (non-hydrogen) atoms. The number of carbonyl (C=O) groups excluding carboxylic acids is 1. The first kappa shape index (κ1) is 22.9. The van der Waals surface area contributed by atoms with Gasteiger partial charge in [0, 0.05) is 31.1 Å². The van der Waals surface area contributed by atoms with Crippen molar-refractivity contribution < 1.29 is 4.79 Å². The SMILES string of the molecule is CNCCN(C)C(=O)c1csc(-c2ccc(C(C)C)cc2)n1.Cl.Cl. The van der Waals surface area contributed by atoms with Crippen molar-refractivity contribution in [2.45, 2.75) is 19.8 Å². The summed E-state index contributed by atoms with van der Waals surface area (Å²) in [5.41, 5.74) is 2.89. The number of hydrogen-bond donors (Lipinski definition) is 1. The van der Waals surface area contributed by atoms with E-state index >= 15 is 0 Å². The molecule has 0 radical (unpaired) electrons. The van der Waals surface area contributed by atoms with Gasteiger partial charge < -0.3 is 10.2 Å². The summed E-state index contributed by atoms with van der Waals surface area (Å²) in [4.78, 5) is 18.5. The minimum Gasteiger partial charge on any atom is -0.339 e. The highest BCUT2D eigenvalue weighted by Crippen LogP contribution is 2.26. The molecule has 0 fully saturated rings. The van der Waals surface area contributed by atoms with Crippen LogP contribution in [0.3, 0.4) is 0 Å². The molecule has 2 rings (SSSR count). The van der Waals surface area contributed by atoms with E-state index in [-0.39, 0.29) is 30.7 Å². The van der Waals surface area contributed by atoms with Crippen molar-refractivity contribution >= 4 is 42.1 Å². The highest BCUT2D eigenvalue weighted by molar-refractivity contribution is 7.13. The number of nitrogens with zero attached hydrogens (tertiary/aromatic N) is 2. The number of halogens is 2. The molecule has 1 N–H and O–H groups in total. The predicted octanol–water partition coefficient (Wildman–Crippen LogP) is 4.07. The van der Waals surface area contributed by atoms with Crippen molar-refractivity contribution in [3.8, 4) is 10.6 Å². The average Bonchev–Trinajstić information content (AvgIpc) is 3.01. The predicted molar refractivity (Wildman–Crippen MR) is 107 cm³/mol. The van der Waals surface area contributed by atoms with Crippen LogP contribution >= 0.6 is 36.2 Å². The van der Waals surface area contributed by atoms with Gasteiger partial charge in [0.25, 0.3) is 5.91 Å². The molecule has 4 nitrogen and oxygen atoms in total. The van der Waals surface area contributed by atoms with E-state index in [1.54, 1.807) is 11.9 Å². The fourth-order valence-corrected chi connectivity index (χ4v) is 2.89. The lowest BCUT2D eigenvalue weighted by Crippen LogP contribution is -2.32. The number of amides is 1. The molecule has 0 unspecified atom stereocenters. The Kier molecular flexibility index (Phi) is 10.2. The van der Waals surface area contributed by atoms with E-state index in [9.17, 15) is 4.79 Å². The number of carbonyl (C=O) groups is 1. The monoisotopic (exact) mass is 389 g/mol. The van der Waals surface area contributed by atoms with Crippen LogP contribution in [-0.2, 0) is 0 Å². The second kappa shape index (κ2) is 10.7. The highest BCUT2D eigenvalue weighted by Gasteiger charge is 2.15. The van der Waals surface area contributed by atoms with Crippen molar-refractivity contribution in [3.05, 3.63) is 40.9 Å². The Hall–Kier alpha value is -1.14. The van der Waals surface area contributed by atoms with Crippen molar-refractivity contribution in [1.82, 2.24) is 15.2 Å². The second-order valence-electron chi connectivity index (χ2n) is 5.64. The molecule has 0 aliphatic heterocycles. The van der Waals surface area contributed by atoms with Crippen LogP contribution in [0.25, 0.3) is 10.6 Å². The standard InChI is InChI=1S/C17H23N3OS.2ClH/c1-12(2)13-5-7-14(8-6-13)16-19-15(11-22-16)17(21)20(4)10-9-18-3;;/h5-8,11-12,18H,9-10H2,1-4H3;2*1H. The highest BCUT2D eigenvalue weighted by atomic mass is 35.5. The molecule has 0 aliphatic rings. The molecule has 134 valence electrons. The van der Waals surface area contributed by atoms with Gasteiger partial charge in [-0.3, -0.25) is 4.79 Å². The number of likely N-dealkylation sites (N-methyl/N-ethyl adjacent to an activating group) is 2. The third kappa shape index (κ3) is 5.74. The molecule has 0 bridgehead atoms. The van der Waals surface area contributed by atoms with Crippen molar-refractivity contribution in [2.75, 3.05) is 27.2 Å².